The molecule has 0 aliphatic carbocycles. The molecule has 140 valence electrons. The second-order valence-corrected chi connectivity index (χ2v) is 7.07. The van der Waals surface area contributed by atoms with E-state index in [1.54, 1.807) is 12.3 Å². The van der Waals surface area contributed by atoms with Crippen LogP contribution in [0.15, 0.2) is 24.4 Å². The Kier molecular flexibility index (Phi) is 8.19. The largest absolute Gasteiger partial charge is 0.481 e. The highest BCUT2D eigenvalue weighted by molar-refractivity contribution is 5.89. The summed E-state index contributed by atoms with van der Waals surface area (Å²) in [5, 5.41) is 11.9. The van der Waals surface area contributed by atoms with E-state index in [1.165, 1.54) is 0 Å². The molecule has 0 aromatic heterocycles. The van der Waals surface area contributed by atoms with Crippen LogP contribution in [-0.2, 0) is 14.3 Å². The van der Waals surface area contributed by atoms with E-state index in [2.05, 4.69) is 17.5 Å². The van der Waals surface area contributed by atoms with Crippen LogP contribution >= 0.6 is 0 Å². The molecule has 2 rings (SSSR count). The van der Waals surface area contributed by atoms with Crippen molar-refractivity contribution in [3.8, 4) is 0 Å². The summed E-state index contributed by atoms with van der Waals surface area (Å²) < 4.78 is 6.08. The first-order chi connectivity index (χ1) is 12.1. The molecule has 5 nitrogen and oxygen atoms in total. The lowest BCUT2D eigenvalue weighted by Crippen LogP contribution is -2.33. The molecule has 5 heteroatoms. The van der Waals surface area contributed by atoms with Crippen molar-refractivity contribution >= 4 is 11.8 Å². The van der Waals surface area contributed by atoms with Crippen LogP contribution in [0.2, 0.25) is 0 Å². The number of hydrogen-bond acceptors (Lipinski definition) is 4. The number of aliphatic carboxylic acids is 1. The van der Waals surface area contributed by atoms with Gasteiger partial charge in [0.25, 0.3) is 0 Å². The molecule has 25 heavy (non-hydrogen) atoms. The summed E-state index contributed by atoms with van der Waals surface area (Å²) in [6.07, 6.45) is 14.9. The summed E-state index contributed by atoms with van der Waals surface area (Å²) in [4.78, 5) is 22.0. The third-order valence-electron chi connectivity index (χ3n) is 5.16. The zero-order valence-corrected chi connectivity index (χ0v) is 15.2. The van der Waals surface area contributed by atoms with Crippen LogP contribution in [0.3, 0.4) is 0 Å². The zero-order valence-electron chi connectivity index (χ0n) is 15.2. The Morgan fingerprint density at radius 1 is 1.16 bits per heavy atom. The van der Waals surface area contributed by atoms with Crippen molar-refractivity contribution < 1.29 is 19.4 Å². The fourth-order valence-corrected chi connectivity index (χ4v) is 3.91. The van der Waals surface area contributed by atoms with Gasteiger partial charge in [-0.15, -0.1) is 0 Å². The van der Waals surface area contributed by atoms with Gasteiger partial charge < -0.3 is 15.2 Å². The van der Waals surface area contributed by atoms with Crippen LogP contribution < -0.4 is 5.32 Å². The molecule has 0 aromatic carbocycles. The van der Waals surface area contributed by atoms with Crippen LogP contribution in [0.1, 0.15) is 58.3 Å². The molecule has 0 amide bonds. The van der Waals surface area contributed by atoms with Crippen LogP contribution in [0.25, 0.3) is 0 Å². The van der Waals surface area contributed by atoms with E-state index in [4.69, 9.17) is 9.84 Å². The number of rotatable bonds is 12. The van der Waals surface area contributed by atoms with Crippen molar-refractivity contribution in [2.75, 3.05) is 6.54 Å². The smallest absolute Gasteiger partial charge is 0.303 e. The van der Waals surface area contributed by atoms with Gasteiger partial charge in [-0.1, -0.05) is 19.1 Å². The molecule has 0 radical (unpaired) electrons. The normalized spacial score (nSPS) is 28.2. The van der Waals surface area contributed by atoms with Crippen LogP contribution in [0.4, 0.5) is 0 Å². The minimum absolute atomic E-state index is 0.167. The van der Waals surface area contributed by atoms with Gasteiger partial charge >= 0.3 is 5.97 Å². The van der Waals surface area contributed by atoms with Gasteiger partial charge in [-0.2, -0.15) is 0 Å². The predicted molar refractivity (Wildman–Crippen MR) is 97.2 cm³/mol. The molecule has 4 atom stereocenters. The molecule has 2 heterocycles. The quantitative estimate of drug-likeness (QED) is 0.321. The molecule has 0 aromatic rings. The van der Waals surface area contributed by atoms with Gasteiger partial charge in [0, 0.05) is 25.3 Å². The molecule has 0 spiro atoms. The van der Waals surface area contributed by atoms with Gasteiger partial charge in [0.15, 0.2) is 5.78 Å². The lowest BCUT2D eigenvalue weighted by atomic mass is 9.77. The van der Waals surface area contributed by atoms with Crippen LogP contribution in [-0.4, -0.2) is 35.6 Å². The maximum absolute atomic E-state index is 11.5. The first kappa shape index (κ1) is 19.7. The Hall–Kier alpha value is -1.62. The highest BCUT2D eigenvalue weighted by Crippen LogP contribution is 2.44. The Bertz CT molecular complexity index is 500. The van der Waals surface area contributed by atoms with Gasteiger partial charge in [-0.05, 0) is 56.7 Å². The number of allylic oxidation sites excluding steroid dienone is 3. The third kappa shape index (κ3) is 6.31. The molecule has 2 fully saturated rings. The Morgan fingerprint density at radius 3 is 2.64 bits per heavy atom. The molecule has 2 bridgehead atoms. The van der Waals surface area contributed by atoms with Crippen molar-refractivity contribution in [3.05, 3.63) is 24.4 Å². The third-order valence-corrected chi connectivity index (χ3v) is 5.16. The van der Waals surface area contributed by atoms with Crippen molar-refractivity contribution in [1.82, 2.24) is 5.32 Å². The number of carboxylic acids is 1. The fraction of sp³-hybridized carbons (Fsp3) is 0.700. The highest BCUT2D eigenvalue weighted by Gasteiger charge is 2.47. The van der Waals surface area contributed by atoms with Crippen LogP contribution in [0.5, 0.6) is 0 Å². The fourth-order valence-electron chi connectivity index (χ4n) is 3.91. The summed E-state index contributed by atoms with van der Waals surface area (Å²) in [5.74, 6) is 0.432. The minimum Gasteiger partial charge on any atom is -0.481 e. The standard InChI is InChI=1S/C20H31NO4/c1-2-7-15(22)12-13-21-14-17-16(18-10-11-19(17)25-18)8-5-3-4-6-9-20(23)24/h3,5,12-13,16-19,21H,2,4,6-11,14H2,1H3,(H,23,24)/b5-3-,13-12+/t16-,17+,18-,19+/m0/s1. The minimum atomic E-state index is -0.730. The highest BCUT2D eigenvalue weighted by atomic mass is 16.5. The summed E-state index contributed by atoms with van der Waals surface area (Å²) in [6.45, 7) is 2.85. The Labute approximate surface area is 150 Å². The van der Waals surface area contributed by atoms with E-state index in [9.17, 15) is 9.59 Å². The second kappa shape index (κ2) is 10.4. The summed E-state index contributed by atoms with van der Waals surface area (Å²) >= 11 is 0. The lowest BCUT2D eigenvalue weighted by molar-refractivity contribution is -0.137. The summed E-state index contributed by atoms with van der Waals surface area (Å²) in [7, 11) is 0. The number of hydrogen-bond donors (Lipinski definition) is 2. The number of unbranched alkanes of at least 4 members (excludes halogenated alkanes) is 1. The summed E-state index contributed by atoms with van der Waals surface area (Å²) in [5.41, 5.74) is 0. The summed E-state index contributed by atoms with van der Waals surface area (Å²) in [6, 6.07) is 0. The number of carbonyl (C=O) groups is 2. The van der Waals surface area contributed by atoms with E-state index in [0.717, 1.165) is 38.6 Å². The van der Waals surface area contributed by atoms with E-state index in [-0.39, 0.29) is 12.2 Å². The zero-order chi connectivity index (χ0) is 18.1. The Balaban J connectivity index is 1.73. The first-order valence-corrected chi connectivity index (χ1v) is 9.56. The van der Waals surface area contributed by atoms with E-state index >= 15 is 0 Å². The number of nitrogens with one attached hydrogen (secondary N) is 1. The van der Waals surface area contributed by atoms with Crippen LogP contribution in [0, 0.1) is 11.8 Å². The second-order valence-electron chi connectivity index (χ2n) is 7.07. The molecular formula is C20H31NO4. The van der Waals surface area contributed by atoms with E-state index in [0.29, 0.717) is 36.9 Å². The van der Waals surface area contributed by atoms with Gasteiger partial charge in [0.05, 0.1) is 12.2 Å². The number of ketones is 1. The van der Waals surface area contributed by atoms with Gasteiger partial charge in [-0.25, -0.2) is 0 Å². The average molecular weight is 349 g/mol. The maximum Gasteiger partial charge on any atom is 0.303 e. The van der Waals surface area contributed by atoms with Crippen molar-refractivity contribution in [2.45, 2.75) is 70.5 Å². The number of fused-ring (bicyclic) bond motifs is 2. The number of ether oxygens (including phenoxy) is 1. The van der Waals surface area contributed by atoms with Gasteiger partial charge in [0.2, 0.25) is 0 Å². The first-order valence-electron chi connectivity index (χ1n) is 9.56. The average Bonchev–Trinajstić information content (AvgIpc) is 3.16. The topological polar surface area (TPSA) is 75.6 Å². The number of carboxylic acid groups (broad SMARTS) is 1. The van der Waals surface area contributed by atoms with Crippen molar-refractivity contribution in [3.63, 3.8) is 0 Å². The molecule has 0 unspecified atom stereocenters. The maximum atomic E-state index is 11.5. The molecule has 0 saturated carbocycles. The van der Waals surface area contributed by atoms with Gasteiger partial charge in [-0.3, -0.25) is 9.59 Å². The molecule has 2 aliphatic heterocycles. The van der Waals surface area contributed by atoms with E-state index < -0.39 is 5.97 Å². The van der Waals surface area contributed by atoms with E-state index in [1.807, 2.05) is 6.92 Å². The SMILES string of the molecule is CCCC(=O)/C=C/NC[C@@H]1[C@H](C/C=C\CCCC(=O)O)[C@@H]2CC[C@H]1O2. The molecular weight excluding hydrogens is 318 g/mol. The van der Waals surface area contributed by atoms with Crippen molar-refractivity contribution in [2.24, 2.45) is 11.8 Å². The molecule has 2 saturated heterocycles. The van der Waals surface area contributed by atoms with Gasteiger partial charge in [0.1, 0.15) is 0 Å². The molecule has 2 aliphatic rings. The molecule has 2 N–H and O–H groups in total. The number of carbonyl (C=O) groups excluding carboxylic acids is 1. The predicted octanol–water partition coefficient (Wildman–Crippen LogP) is 3.45. The Morgan fingerprint density at radius 2 is 1.92 bits per heavy atom. The lowest BCUT2D eigenvalue weighted by Gasteiger charge is -2.27. The monoisotopic (exact) mass is 349 g/mol. The van der Waals surface area contributed by atoms with Crippen molar-refractivity contribution in [1.29, 1.82) is 0 Å².